The van der Waals surface area contributed by atoms with Crippen molar-refractivity contribution in [2.45, 2.75) is 26.7 Å². The summed E-state index contributed by atoms with van der Waals surface area (Å²) in [6, 6.07) is 9.33. The molecule has 0 atom stereocenters. The number of aryl methyl sites for hydroxylation is 1. The number of benzene rings is 1. The van der Waals surface area contributed by atoms with Crippen LogP contribution in [0.5, 0.6) is 0 Å². The number of aromatic amines is 1. The molecule has 0 unspecified atom stereocenters. The van der Waals surface area contributed by atoms with Gasteiger partial charge in [-0.1, -0.05) is 26.0 Å². The zero-order valence-electron chi connectivity index (χ0n) is 11.9. The van der Waals surface area contributed by atoms with Crippen molar-refractivity contribution >= 4 is 17.4 Å². The molecule has 0 aliphatic heterocycles. The van der Waals surface area contributed by atoms with Crippen LogP contribution in [0.3, 0.4) is 0 Å². The fraction of sp³-hybridized carbons (Fsp3) is 0.333. The van der Waals surface area contributed by atoms with E-state index in [4.69, 9.17) is 0 Å². The van der Waals surface area contributed by atoms with Gasteiger partial charge in [0.15, 0.2) is 5.82 Å². The summed E-state index contributed by atoms with van der Waals surface area (Å²) in [5, 5.41) is 13.0. The van der Waals surface area contributed by atoms with Gasteiger partial charge in [-0.15, -0.1) is 0 Å². The molecular formula is C15H20N4O. The van der Waals surface area contributed by atoms with Crippen molar-refractivity contribution in [3.63, 3.8) is 0 Å². The van der Waals surface area contributed by atoms with E-state index in [1.54, 1.807) is 6.07 Å². The molecule has 1 heterocycles. The van der Waals surface area contributed by atoms with Crippen LogP contribution in [0.1, 0.15) is 36.3 Å². The highest BCUT2D eigenvalue weighted by Crippen LogP contribution is 2.17. The molecule has 20 heavy (non-hydrogen) atoms. The second-order valence-corrected chi connectivity index (χ2v) is 4.56. The highest BCUT2D eigenvalue weighted by Gasteiger charge is 2.12. The quantitative estimate of drug-likeness (QED) is 0.757. The first kappa shape index (κ1) is 14.1. The molecule has 1 aromatic carbocycles. The minimum absolute atomic E-state index is 0.154. The third-order valence-corrected chi connectivity index (χ3v) is 2.99. The minimum atomic E-state index is -0.154. The molecular weight excluding hydrogens is 252 g/mol. The molecule has 0 bridgehead atoms. The summed E-state index contributed by atoms with van der Waals surface area (Å²) >= 11 is 0. The van der Waals surface area contributed by atoms with Crippen LogP contribution in [0, 0.1) is 0 Å². The molecule has 1 aromatic heterocycles. The molecule has 0 fully saturated rings. The van der Waals surface area contributed by atoms with E-state index in [2.05, 4.69) is 27.8 Å². The van der Waals surface area contributed by atoms with Crippen molar-refractivity contribution in [1.29, 1.82) is 0 Å². The van der Waals surface area contributed by atoms with E-state index >= 15 is 0 Å². The van der Waals surface area contributed by atoms with Crippen LogP contribution in [-0.4, -0.2) is 22.6 Å². The Morgan fingerprint density at radius 3 is 2.80 bits per heavy atom. The summed E-state index contributed by atoms with van der Waals surface area (Å²) < 4.78 is 0. The van der Waals surface area contributed by atoms with E-state index in [0.717, 1.165) is 30.8 Å². The first-order valence-corrected chi connectivity index (χ1v) is 6.93. The molecule has 2 rings (SSSR count). The van der Waals surface area contributed by atoms with Crippen LogP contribution in [0.15, 0.2) is 30.3 Å². The van der Waals surface area contributed by atoms with Gasteiger partial charge in [0.1, 0.15) is 0 Å². The molecule has 0 aliphatic rings. The Kier molecular flexibility index (Phi) is 4.76. The van der Waals surface area contributed by atoms with Gasteiger partial charge in [-0.25, -0.2) is 0 Å². The maximum absolute atomic E-state index is 12.3. The number of amides is 1. The van der Waals surface area contributed by atoms with Crippen molar-refractivity contribution in [3.05, 3.63) is 41.6 Å². The Bertz CT molecular complexity index is 577. The maximum Gasteiger partial charge on any atom is 0.258 e. The smallest absolute Gasteiger partial charge is 0.258 e. The zero-order valence-corrected chi connectivity index (χ0v) is 11.9. The van der Waals surface area contributed by atoms with Gasteiger partial charge in [0.05, 0.1) is 5.56 Å². The molecule has 0 aliphatic carbocycles. The lowest BCUT2D eigenvalue weighted by atomic mass is 10.1. The monoisotopic (exact) mass is 272 g/mol. The number of hydrogen-bond acceptors (Lipinski definition) is 3. The first-order chi connectivity index (χ1) is 9.74. The number of H-pyrrole nitrogens is 1. The second kappa shape index (κ2) is 6.75. The number of carbonyl (C=O) groups is 1. The lowest BCUT2D eigenvalue weighted by Gasteiger charge is -2.10. The Morgan fingerprint density at radius 1 is 1.30 bits per heavy atom. The Morgan fingerprint density at radius 2 is 2.10 bits per heavy atom. The molecule has 0 saturated carbocycles. The highest BCUT2D eigenvalue weighted by atomic mass is 16.1. The molecule has 5 heteroatoms. The largest absolute Gasteiger partial charge is 0.384 e. The molecule has 1 amide bonds. The fourth-order valence-corrected chi connectivity index (χ4v) is 1.89. The van der Waals surface area contributed by atoms with E-state index in [-0.39, 0.29) is 5.91 Å². The number of para-hydroxylation sites is 1. The van der Waals surface area contributed by atoms with Crippen LogP contribution in [0.4, 0.5) is 11.5 Å². The van der Waals surface area contributed by atoms with Crippen molar-refractivity contribution in [3.8, 4) is 0 Å². The third kappa shape index (κ3) is 3.38. The summed E-state index contributed by atoms with van der Waals surface area (Å²) in [5.74, 6) is 0.399. The second-order valence-electron chi connectivity index (χ2n) is 4.56. The van der Waals surface area contributed by atoms with Gasteiger partial charge in [-0.2, -0.15) is 5.10 Å². The van der Waals surface area contributed by atoms with Gasteiger partial charge in [0.25, 0.3) is 5.91 Å². The van der Waals surface area contributed by atoms with Gasteiger partial charge in [0, 0.05) is 24.0 Å². The molecule has 2 aromatic rings. The fourth-order valence-electron chi connectivity index (χ4n) is 1.89. The van der Waals surface area contributed by atoms with Crippen molar-refractivity contribution in [2.75, 3.05) is 17.2 Å². The van der Waals surface area contributed by atoms with Gasteiger partial charge in [-0.05, 0) is 25.0 Å². The molecule has 0 radical (unpaired) electrons. The molecule has 0 saturated heterocycles. The van der Waals surface area contributed by atoms with E-state index in [1.165, 1.54) is 0 Å². The molecule has 3 N–H and O–H groups in total. The summed E-state index contributed by atoms with van der Waals surface area (Å²) in [6.07, 6.45) is 1.87. The number of carbonyl (C=O) groups excluding carboxylic acids is 1. The third-order valence-electron chi connectivity index (χ3n) is 2.99. The van der Waals surface area contributed by atoms with E-state index in [0.29, 0.717) is 11.4 Å². The van der Waals surface area contributed by atoms with Gasteiger partial charge in [0.2, 0.25) is 0 Å². The van der Waals surface area contributed by atoms with Gasteiger partial charge in [-0.3, -0.25) is 9.89 Å². The van der Waals surface area contributed by atoms with E-state index in [9.17, 15) is 4.79 Å². The predicted octanol–water partition coefficient (Wildman–Crippen LogP) is 3.05. The predicted molar refractivity (Wildman–Crippen MR) is 81.1 cm³/mol. The Labute approximate surface area is 118 Å². The summed E-state index contributed by atoms with van der Waals surface area (Å²) in [5.41, 5.74) is 2.47. The topological polar surface area (TPSA) is 69.8 Å². The first-order valence-electron chi connectivity index (χ1n) is 6.93. The number of aromatic nitrogens is 2. The summed E-state index contributed by atoms with van der Waals surface area (Å²) in [6.45, 7) is 4.96. The minimum Gasteiger partial charge on any atom is -0.384 e. The van der Waals surface area contributed by atoms with Gasteiger partial charge >= 0.3 is 0 Å². The van der Waals surface area contributed by atoms with E-state index in [1.807, 2.05) is 31.2 Å². The molecule has 106 valence electrons. The van der Waals surface area contributed by atoms with Gasteiger partial charge < -0.3 is 10.6 Å². The Balaban J connectivity index is 2.12. The van der Waals surface area contributed by atoms with Crippen molar-refractivity contribution in [2.24, 2.45) is 0 Å². The average molecular weight is 272 g/mol. The standard InChI is InChI=1S/C15H20N4O/c1-3-9-16-13-8-6-5-7-12(13)15(20)17-14-10-11(4-2)18-19-14/h5-8,10,16H,3-4,9H2,1-2H3,(H2,17,18,19,20). The lowest BCUT2D eigenvalue weighted by Crippen LogP contribution is -2.15. The SMILES string of the molecule is CCCNc1ccccc1C(=O)Nc1cc(CC)[nH]n1. The number of hydrogen-bond donors (Lipinski definition) is 3. The normalized spacial score (nSPS) is 10.3. The average Bonchev–Trinajstić information content (AvgIpc) is 2.93. The molecule has 0 spiro atoms. The van der Waals surface area contributed by atoms with Crippen molar-refractivity contribution < 1.29 is 4.79 Å². The van der Waals surface area contributed by atoms with Crippen LogP contribution in [0.25, 0.3) is 0 Å². The van der Waals surface area contributed by atoms with Crippen LogP contribution < -0.4 is 10.6 Å². The molecule has 5 nitrogen and oxygen atoms in total. The summed E-state index contributed by atoms with van der Waals surface area (Å²) in [4.78, 5) is 12.3. The Hall–Kier alpha value is -2.30. The van der Waals surface area contributed by atoms with Crippen LogP contribution in [0.2, 0.25) is 0 Å². The maximum atomic E-state index is 12.3. The number of nitrogens with zero attached hydrogens (tertiary/aromatic N) is 1. The highest BCUT2D eigenvalue weighted by molar-refractivity contribution is 6.07. The number of rotatable bonds is 6. The van der Waals surface area contributed by atoms with E-state index < -0.39 is 0 Å². The number of anilines is 2. The lowest BCUT2D eigenvalue weighted by molar-refractivity contribution is 0.102. The zero-order chi connectivity index (χ0) is 14.4. The number of nitrogens with one attached hydrogen (secondary N) is 3. The van der Waals surface area contributed by atoms with Crippen molar-refractivity contribution in [1.82, 2.24) is 10.2 Å². The summed E-state index contributed by atoms with van der Waals surface area (Å²) in [7, 11) is 0. The van der Waals surface area contributed by atoms with Crippen LogP contribution >= 0.6 is 0 Å². The van der Waals surface area contributed by atoms with Crippen LogP contribution in [-0.2, 0) is 6.42 Å².